The first-order valence-electron chi connectivity index (χ1n) is 6.22. The topological polar surface area (TPSA) is 24.5 Å². The first-order valence-corrected chi connectivity index (χ1v) is 6.22. The van der Waals surface area contributed by atoms with Crippen molar-refractivity contribution in [3.8, 4) is 5.75 Å². The predicted octanol–water partition coefficient (Wildman–Crippen LogP) is 1.84. The smallest absolute Gasteiger partial charge is 0.118 e. The number of methoxy groups -OCH3 is 1. The Hall–Kier alpha value is -1.06. The van der Waals surface area contributed by atoms with Crippen molar-refractivity contribution in [1.29, 1.82) is 0 Å². The van der Waals surface area contributed by atoms with Gasteiger partial charge in [0.1, 0.15) is 5.75 Å². The normalized spacial score (nSPS) is 19.3. The minimum atomic E-state index is 0.178. The zero-order valence-electron chi connectivity index (χ0n) is 11.0. The average Bonchev–Trinajstić information content (AvgIpc) is 2.39. The molecule has 0 atom stereocenters. The highest BCUT2D eigenvalue weighted by molar-refractivity contribution is 5.32. The molecule has 0 spiro atoms. The molecule has 0 bridgehead atoms. The molecule has 0 saturated carbocycles. The Labute approximate surface area is 104 Å². The molecule has 1 aromatic rings. The summed E-state index contributed by atoms with van der Waals surface area (Å²) >= 11 is 0. The van der Waals surface area contributed by atoms with E-state index in [-0.39, 0.29) is 5.54 Å². The number of hydrogen-bond donors (Lipinski definition) is 1. The maximum absolute atomic E-state index is 5.22. The first kappa shape index (κ1) is 12.4. The number of rotatable bonds is 3. The maximum atomic E-state index is 5.22. The van der Waals surface area contributed by atoms with E-state index >= 15 is 0 Å². The van der Waals surface area contributed by atoms with Crippen molar-refractivity contribution >= 4 is 0 Å². The third-order valence-electron chi connectivity index (χ3n) is 3.91. The summed E-state index contributed by atoms with van der Waals surface area (Å²) in [5.74, 6) is 0.927. The van der Waals surface area contributed by atoms with Gasteiger partial charge < -0.3 is 10.1 Å². The van der Waals surface area contributed by atoms with Crippen molar-refractivity contribution in [2.75, 3.05) is 34.3 Å². The molecule has 1 saturated heterocycles. The Bertz CT molecular complexity index is 353. The maximum Gasteiger partial charge on any atom is 0.118 e. The average molecular weight is 234 g/mol. The van der Waals surface area contributed by atoms with Crippen molar-refractivity contribution in [3.05, 3.63) is 29.8 Å². The van der Waals surface area contributed by atoms with Crippen molar-refractivity contribution in [2.45, 2.75) is 18.4 Å². The lowest BCUT2D eigenvalue weighted by Crippen LogP contribution is -2.49. The lowest BCUT2D eigenvalue weighted by Gasteiger charge is -2.43. The molecule has 3 heteroatoms. The van der Waals surface area contributed by atoms with Crippen LogP contribution < -0.4 is 10.1 Å². The summed E-state index contributed by atoms with van der Waals surface area (Å²) in [6.07, 6.45) is 2.32. The van der Waals surface area contributed by atoms with Crippen LogP contribution in [-0.4, -0.2) is 39.2 Å². The SMILES string of the molecule is COc1ccc(C2(N(C)C)CCNCC2)cc1. The van der Waals surface area contributed by atoms with Crippen LogP contribution in [0.15, 0.2) is 24.3 Å². The van der Waals surface area contributed by atoms with E-state index in [1.54, 1.807) is 7.11 Å². The Morgan fingerprint density at radius 3 is 2.18 bits per heavy atom. The monoisotopic (exact) mass is 234 g/mol. The predicted molar refractivity (Wildman–Crippen MR) is 70.5 cm³/mol. The van der Waals surface area contributed by atoms with Gasteiger partial charge in [-0.2, -0.15) is 0 Å². The number of hydrogen-bond acceptors (Lipinski definition) is 3. The molecule has 0 radical (unpaired) electrons. The van der Waals surface area contributed by atoms with E-state index in [9.17, 15) is 0 Å². The van der Waals surface area contributed by atoms with Gasteiger partial charge in [-0.15, -0.1) is 0 Å². The van der Waals surface area contributed by atoms with Gasteiger partial charge in [0.25, 0.3) is 0 Å². The molecule has 2 rings (SSSR count). The molecule has 0 unspecified atom stereocenters. The highest BCUT2D eigenvalue weighted by Crippen LogP contribution is 2.35. The van der Waals surface area contributed by atoms with Gasteiger partial charge in [0.15, 0.2) is 0 Å². The highest BCUT2D eigenvalue weighted by atomic mass is 16.5. The van der Waals surface area contributed by atoms with Gasteiger partial charge >= 0.3 is 0 Å². The number of piperidine rings is 1. The Balaban J connectivity index is 2.31. The highest BCUT2D eigenvalue weighted by Gasteiger charge is 2.35. The zero-order chi connectivity index (χ0) is 12.3. The van der Waals surface area contributed by atoms with E-state index in [4.69, 9.17) is 4.74 Å². The standard InChI is InChI=1S/C14H22N2O/c1-16(2)14(8-10-15-11-9-14)12-4-6-13(17-3)7-5-12/h4-7,15H,8-11H2,1-3H3. The van der Waals surface area contributed by atoms with Gasteiger partial charge in [-0.3, -0.25) is 4.90 Å². The molecule has 0 aromatic heterocycles. The molecular weight excluding hydrogens is 212 g/mol. The van der Waals surface area contributed by atoms with Crippen LogP contribution in [0.3, 0.4) is 0 Å². The summed E-state index contributed by atoms with van der Waals surface area (Å²) < 4.78 is 5.22. The van der Waals surface area contributed by atoms with Crippen LogP contribution in [0.5, 0.6) is 5.75 Å². The number of benzene rings is 1. The van der Waals surface area contributed by atoms with Crippen molar-refractivity contribution in [2.24, 2.45) is 0 Å². The molecule has 3 nitrogen and oxygen atoms in total. The quantitative estimate of drug-likeness (QED) is 0.863. The van der Waals surface area contributed by atoms with Crippen LogP contribution >= 0.6 is 0 Å². The van der Waals surface area contributed by atoms with Crippen molar-refractivity contribution in [1.82, 2.24) is 10.2 Å². The number of nitrogens with zero attached hydrogens (tertiary/aromatic N) is 1. The zero-order valence-corrected chi connectivity index (χ0v) is 11.0. The molecule has 1 heterocycles. The Morgan fingerprint density at radius 1 is 1.12 bits per heavy atom. The molecular formula is C14H22N2O. The van der Waals surface area contributed by atoms with Gasteiger partial charge in [0.2, 0.25) is 0 Å². The first-order chi connectivity index (χ1) is 8.19. The van der Waals surface area contributed by atoms with Gasteiger partial charge in [0.05, 0.1) is 7.11 Å². The minimum Gasteiger partial charge on any atom is -0.497 e. The molecule has 17 heavy (non-hydrogen) atoms. The van der Waals surface area contributed by atoms with E-state index in [2.05, 4.69) is 48.6 Å². The van der Waals surface area contributed by atoms with Crippen molar-refractivity contribution < 1.29 is 4.74 Å². The van der Waals surface area contributed by atoms with E-state index in [1.807, 2.05) is 0 Å². The summed E-state index contributed by atoms with van der Waals surface area (Å²) in [4.78, 5) is 2.36. The summed E-state index contributed by atoms with van der Waals surface area (Å²) in [5.41, 5.74) is 1.57. The van der Waals surface area contributed by atoms with Gasteiger partial charge in [0, 0.05) is 5.54 Å². The van der Waals surface area contributed by atoms with E-state index in [1.165, 1.54) is 5.56 Å². The summed E-state index contributed by atoms with van der Waals surface area (Å²) in [6, 6.07) is 8.51. The second-order valence-electron chi connectivity index (χ2n) is 4.90. The van der Waals surface area contributed by atoms with Crippen molar-refractivity contribution in [3.63, 3.8) is 0 Å². The number of ether oxygens (including phenoxy) is 1. The van der Waals surface area contributed by atoms with E-state index in [0.717, 1.165) is 31.7 Å². The fourth-order valence-corrected chi connectivity index (χ4v) is 2.74. The van der Waals surface area contributed by atoms with Gasteiger partial charge in [-0.25, -0.2) is 0 Å². The third-order valence-corrected chi connectivity index (χ3v) is 3.91. The number of nitrogens with one attached hydrogen (secondary N) is 1. The molecule has 1 aliphatic heterocycles. The minimum absolute atomic E-state index is 0.178. The lowest BCUT2D eigenvalue weighted by molar-refractivity contribution is 0.107. The largest absolute Gasteiger partial charge is 0.497 e. The summed E-state index contributed by atoms with van der Waals surface area (Å²) in [7, 11) is 6.06. The fraction of sp³-hybridized carbons (Fsp3) is 0.571. The lowest BCUT2D eigenvalue weighted by atomic mass is 9.80. The molecule has 1 aliphatic rings. The van der Waals surface area contributed by atoms with Gasteiger partial charge in [-0.05, 0) is 57.7 Å². The van der Waals surface area contributed by atoms with Crippen LogP contribution in [0.2, 0.25) is 0 Å². The van der Waals surface area contributed by atoms with Crippen LogP contribution in [0.25, 0.3) is 0 Å². The van der Waals surface area contributed by atoms with Crippen LogP contribution in [-0.2, 0) is 5.54 Å². The molecule has 1 N–H and O–H groups in total. The summed E-state index contributed by atoms with van der Waals surface area (Å²) in [5, 5.41) is 3.44. The molecule has 94 valence electrons. The summed E-state index contributed by atoms with van der Waals surface area (Å²) in [6.45, 7) is 2.18. The second-order valence-corrected chi connectivity index (χ2v) is 4.90. The molecule has 1 aromatic carbocycles. The van der Waals surface area contributed by atoms with E-state index in [0.29, 0.717) is 0 Å². The van der Waals surface area contributed by atoms with Gasteiger partial charge in [-0.1, -0.05) is 12.1 Å². The van der Waals surface area contributed by atoms with Crippen LogP contribution in [0.1, 0.15) is 18.4 Å². The molecule has 1 fully saturated rings. The van der Waals surface area contributed by atoms with Crippen LogP contribution in [0.4, 0.5) is 0 Å². The van der Waals surface area contributed by atoms with E-state index < -0.39 is 0 Å². The second kappa shape index (κ2) is 5.07. The third kappa shape index (κ3) is 2.31. The Morgan fingerprint density at radius 2 is 1.71 bits per heavy atom. The molecule has 0 aliphatic carbocycles. The van der Waals surface area contributed by atoms with Crippen LogP contribution in [0, 0.1) is 0 Å². The fourth-order valence-electron chi connectivity index (χ4n) is 2.74. The Kier molecular flexibility index (Phi) is 3.69. The molecule has 0 amide bonds.